The van der Waals surface area contributed by atoms with Crippen LogP contribution in [0.2, 0.25) is 0 Å². The third kappa shape index (κ3) is 4.30. The predicted molar refractivity (Wildman–Crippen MR) is 82.6 cm³/mol. The molecule has 0 unspecified atom stereocenters. The van der Waals surface area contributed by atoms with E-state index in [2.05, 4.69) is 29.2 Å². The summed E-state index contributed by atoms with van der Waals surface area (Å²) in [7, 11) is 1.65. The van der Waals surface area contributed by atoms with Crippen LogP contribution in [0.4, 0.5) is 0 Å². The molecule has 2 aromatic rings. The maximum Gasteiger partial charge on any atom is 0.339 e. The molecule has 0 aliphatic rings. The van der Waals surface area contributed by atoms with E-state index in [-0.39, 0.29) is 0 Å². The molecular weight excluding hydrogens is 288 g/mol. The lowest BCUT2D eigenvalue weighted by atomic mass is 10.2. The van der Waals surface area contributed by atoms with Crippen LogP contribution in [0.5, 0.6) is 0 Å². The first-order chi connectivity index (χ1) is 9.95. The van der Waals surface area contributed by atoms with Crippen molar-refractivity contribution in [3.63, 3.8) is 0 Å². The molecule has 7 heteroatoms. The zero-order chi connectivity index (χ0) is 15.4. The molecule has 21 heavy (non-hydrogen) atoms. The van der Waals surface area contributed by atoms with E-state index in [1.165, 1.54) is 22.0 Å². The van der Waals surface area contributed by atoms with Crippen LogP contribution in [0.25, 0.3) is 0 Å². The Morgan fingerprint density at radius 2 is 1.95 bits per heavy atom. The van der Waals surface area contributed by atoms with Gasteiger partial charge in [-0.2, -0.15) is 4.98 Å². The van der Waals surface area contributed by atoms with Gasteiger partial charge in [0.2, 0.25) is 0 Å². The first kappa shape index (κ1) is 15.5. The average Bonchev–Trinajstić information content (AvgIpc) is 2.44. The van der Waals surface area contributed by atoms with Gasteiger partial charge in [-0.05, 0) is 17.7 Å². The molecule has 0 aliphatic heterocycles. The van der Waals surface area contributed by atoms with Crippen molar-refractivity contribution in [3.8, 4) is 0 Å². The standard InChI is InChI=1S/C14H18N4O2S/c1-9(2)15-8-10-4-6-11(7-5-10)21-14-16-12(19)13(20)17-18(14)3/h4-7,9,15H,8H2,1-3H3,(H,17,20). The number of benzene rings is 1. The van der Waals surface area contributed by atoms with Crippen molar-refractivity contribution in [1.82, 2.24) is 20.1 Å². The van der Waals surface area contributed by atoms with Crippen LogP contribution >= 0.6 is 11.8 Å². The third-order valence-corrected chi connectivity index (χ3v) is 3.85. The Bertz CT molecular complexity index is 719. The van der Waals surface area contributed by atoms with E-state index in [1.54, 1.807) is 7.05 Å². The number of nitrogens with zero attached hydrogens (tertiary/aromatic N) is 2. The van der Waals surface area contributed by atoms with E-state index in [0.29, 0.717) is 11.2 Å². The summed E-state index contributed by atoms with van der Waals surface area (Å²) in [6, 6.07) is 8.44. The fourth-order valence-corrected chi connectivity index (χ4v) is 2.45. The zero-order valence-corrected chi connectivity index (χ0v) is 13.0. The molecule has 0 aliphatic carbocycles. The lowest BCUT2D eigenvalue weighted by Gasteiger charge is -2.09. The van der Waals surface area contributed by atoms with Gasteiger partial charge < -0.3 is 5.32 Å². The van der Waals surface area contributed by atoms with Crippen molar-refractivity contribution in [3.05, 3.63) is 50.5 Å². The number of aromatic nitrogens is 3. The van der Waals surface area contributed by atoms with Gasteiger partial charge in [-0.15, -0.1) is 0 Å². The van der Waals surface area contributed by atoms with Crippen molar-refractivity contribution in [1.29, 1.82) is 0 Å². The fourth-order valence-electron chi connectivity index (χ4n) is 1.65. The topological polar surface area (TPSA) is 79.8 Å². The van der Waals surface area contributed by atoms with Crippen molar-refractivity contribution in [2.75, 3.05) is 0 Å². The minimum absolute atomic E-state index is 0.443. The second-order valence-electron chi connectivity index (χ2n) is 4.98. The molecule has 0 radical (unpaired) electrons. The van der Waals surface area contributed by atoms with Crippen molar-refractivity contribution in [2.24, 2.45) is 7.05 Å². The smallest absolute Gasteiger partial charge is 0.310 e. The number of aryl methyl sites for hydroxylation is 1. The summed E-state index contributed by atoms with van der Waals surface area (Å²) in [5.74, 6) is 0. The Morgan fingerprint density at radius 3 is 2.57 bits per heavy atom. The van der Waals surface area contributed by atoms with Crippen molar-refractivity contribution in [2.45, 2.75) is 36.5 Å². The molecule has 2 rings (SSSR count). The molecule has 0 saturated carbocycles. The second-order valence-corrected chi connectivity index (χ2v) is 6.02. The van der Waals surface area contributed by atoms with Gasteiger partial charge >= 0.3 is 11.1 Å². The summed E-state index contributed by atoms with van der Waals surface area (Å²) in [5, 5.41) is 6.23. The van der Waals surface area contributed by atoms with E-state index in [9.17, 15) is 9.59 Å². The van der Waals surface area contributed by atoms with Gasteiger partial charge in [0.25, 0.3) is 0 Å². The summed E-state index contributed by atoms with van der Waals surface area (Å²) in [6.07, 6.45) is 0. The van der Waals surface area contributed by atoms with E-state index in [1.807, 2.05) is 24.3 Å². The van der Waals surface area contributed by atoms with Crippen LogP contribution < -0.4 is 16.4 Å². The maximum absolute atomic E-state index is 11.3. The second kappa shape index (κ2) is 6.73. The molecule has 0 amide bonds. The van der Waals surface area contributed by atoms with E-state index in [0.717, 1.165) is 11.4 Å². The summed E-state index contributed by atoms with van der Waals surface area (Å²) in [5.41, 5.74) is -0.290. The fraction of sp³-hybridized carbons (Fsp3) is 0.357. The number of nitrogens with one attached hydrogen (secondary N) is 2. The zero-order valence-electron chi connectivity index (χ0n) is 12.2. The van der Waals surface area contributed by atoms with Crippen LogP contribution in [-0.2, 0) is 13.6 Å². The highest BCUT2D eigenvalue weighted by atomic mass is 32.2. The molecule has 1 aromatic heterocycles. The van der Waals surface area contributed by atoms with Crippen LogP contribution in [0.15, 0.2) is 43.9 Å². The number of hydrogen-bond donors (Lipinski definition) is 2. The van der Waals surface area contributed by atoms with E-state index in [4.69, 9.17) is 0 Å². The van der Waals surface area contributed by atoms with Gasteiger partial charge in [0.15, 0.2) is 5.16 Å². The Kier molecular flexibility index (Phi) is 4.98. The molecular formula is C14H18N4O2S. The Balaban J connectivity index is 2.12. The maximum atomic E-state index is 11.3. The van der Waals surface area contributed by atoms with Gasteiger partial charge in [-0.25, -0.2) is 0 Å². The van der Waals surface area contributed by atoms with Crippen molar-refractivity contribution < 1.29 is 0 Å². The third-order valence-electron chi connectivity index (χ3n) is 2.79. The SMILES string of the molecule is CC(C)NCc1ccc(Sc2nc(=O)c(=O)[nH]n2C)cc1. The van der Waals surface area contributed by atoms with Gasteiger partial charge in [0.05, 0.1) is 0 Å². The molecule has 2 N–H and O–H groups in total. The van der Waals surface area contributed by atoms with Gasteiger partial charge in [-0.3, -0.25) is 19.4 Å². The van der Waals surface area contributed by atoms with Gasteiger partial charge in [0, 0.05) is 24.5 Å². The highest BCUT2D eigenvalue weighted by molar-refractivity contribution is 7.99. The summed E-state index contributed by atoms with van der Waals surface area (Å²) in [6.45, 7) is 5.02. The number of aromatic amines is 1. The highest BCUT2D eigenvalue weighted by Crippen LogP contribution is 2.24. The van der Waals surface area contributed by atoms with Crippen molar-refractivity contribution >= 4 is 11.8 Å². The highest BCUT2D eigenvalue weighted by Gasteiger charge is 2.06. The van der Waals surface area contributed by atoms with Gasteiger partial charge in [0.1, 0.15) is 0 Å². The molecule has 0 atom stereocenters. The minimum Gasteiger partial charge on any atom is -0.310 e. The van der Waals surface area contributed by atoms with Crippen LogP contribution in [0.3, 0.4) is 0 Å². The minimum atomic E-state index is -0.770. The van der Waals surface area contributed by atoms with E-state index >= 15 is 0 Å². The monoisotopic (exact) mass is 306 g/mol. The Labute approximate surface area is 126 Å². The van der Waals surface area contributed by atoms with E-state index < -0.39 is 11.1 Å². The molecule has 1 heterocycles. The Hall–Kier alpha value is -1.86. The number of rotatable bonds is 5. The molecule has 0 bridgehead atoms. The summed E-state index contributed by atoms with van der Waals surface area (Å²) in [4.78, 5) is 27.2. The molecule has 0 spiro atoms. The summed E-state index contributed by atoms with van der Waals surface area (Å²) < 4.78 is 1.45. The molecule has 0 fully saturated rings. The number of H-pyrrole nitrogens is 1. The first-order valence-electron chi connectivity index (χ1n) is 6.63. The number of hydrogen-bond acceptors (Lipinski definition) is 5. The lowest BCUT2D eigenvalue weighted by Crippen LogP contribution is -2.33. The largest absolute Gasteiger partial charge is 0.339 e. The van der Waals surface area contributed by atoms with Crippen LogP contribution in [0.1, 0.15) is 19.4 Å². The Morgan fingerprint density at radius 1 is 1.29 bits per heavy atom. The molecule has 0 saturated heterocycles. The lowest BCUT2D eigenvalue weighted by molar-refractivity contribution is 0.588. The normalized spacial score (nSPS) is 11.0. The molecule has 6 nitrogen and oxygen atoms in total. The molecule has 1 aromatic carbocycles. The first-order valence-corrected chi connectivity index (χ1v) is 7.45. The molecule has 112 valence electrons. The van der Waals surface area contributed by atoms with Crippen LogP contribution in [0, 0.1) is 0 Å². The van der Waals surface area contributed by atoms with Crippen LogP contribution in [-0.4, -0.2) is 20.8 Å². The van der Waals surface area contributed by atoms with Gasteiger partial charge in [-0.1, -0.05) is 37.7 Å². The average molecular weight is 306 g/mol. The predicted octanol–water partition coefficient (Wildman–Crippen LogP) is 1.12. The summed E-state index contributed by atoms with van der Waals surface area (Å²) >= 11 is 1.33. The quantitative estimate of drug-likeness (QED) is 0.809.